The van der Waals surface area contributed by atoms with E-state index < -0.39 is 63.6 Å². The van der Waals surface area contributed by atoms with Gasteiger partial charge in [-0.1, -0.05) is 25.7 Å². The SMILES string of the molecule is COCCOCCOCCCCCCCCN1C(=O)C(C(=O)Nc2ccc(C(F)(F)F)cc2-c2cc(C(F)(F)F)ncn2)=C(O)C2(C)CCCN12. The Morgan fingerprint density at radius 3 is 2.27 bits per heavy atom. The van der Waals surface area contributed by atoms with Crippen LogP contribution in [0.5, 0.6) is 0 Å². The van der Waals surface area contributed by atoms with Gasteiger partial charge in [0.25, 0.3) is 11.8 Å². The van der Waals surface area contributed by atoms with Crippen molar-refractivity contribution in [2.45, 2.75) is 76.2 Å². The van der Waals surface area contributed by atoms with Gasteiger partial charge in [0.2, 0.25) is 0 Å². The van der Waals surface area contributed by atoms with E-state index in [2.05, 4.69) is 15.3 Å². The lowest BCUT2D eigenvalue weighted by atomic mass is 9.90. The number of nitrogens with one attached hydrogen (secondary N) is 1. The van der Waals surface area contributed by atoms with Gasteiger partial charge in [0.15, 0.2) is 0 Å². The smallest absolute Gasteiger partial charge is 0.433 e. The van der Waals surface area contributed by atoms with Crippen LogP contribution in [0.3, 0.4) is 0 Å². The number of unbranched alkanes of at least 4 members (excludes halogenated alkanes) is 5. The van der Waals surface area contributed by atoms with Gasteiger partial charge < -0.3 is 24.6 Å². The average molecular weight is 732 g/mol. The number of carbonyl (C=O) groups excluding carboxylic acids is 2. The summed E-state index contributed by atoms with van der Waals surface area (Å²) in [6.45, 7) is 5.13. The molecule has 4 rings (SSSR count). The number of methoxy groups -OCH3 is 1. The largest absolute Gasteiger partial charge is 0.509 e. The number of ether oxygens (including phenoxy) is 3. The van der Waals surface area contributed by atoms with E-state index in [-0.39, 0.29) is 12.2 Å². The van der Waals surface area contributed by atoms with Crippen LogP contribution in [0.1, 0.15) is 69.5 Å². The fourth-order valence-electron chi connectivity index (χ4n) is 6.14. The number of amides is 2. The zero-order chi connectivity index (χ0) is 37.2. The summed E-state index contributed by atoms with van der Waals surface area (Å²) in [6, 6.07) is 2.52. The Morgan fingerprint density at radius 2 is 1.59 bits per heavy atom. The number of nitrogens with zero attached hydrogens (tertiary/aromatic N) is 4. The van der Waals surface area contributed by atoms with E-state index in [0.717, 1.165) is 38.2 Å². The standard InChI is InChI=1S/C34H43F6N5O6/c1-32-12-9-14-45(32)44(13-7-5-3-4-6-8-15-50-18-19-51-17-16-49-2)31(48)28(29(32)46)30(47)43-25-11-10-23(33(35,36)37)20-24(25)26-21-27(34(38,39)40)42-22-41-26/h10-11,20-22,46H,3-9,12-19H2,1-2H3,(H,43,47). The van der Waals surface area contributed by atoms with Crippen LogP contribution in [0.15, 0.2) is 41.9 Å². The van der Waals surface area contributed by atoms with Gasteiger partial charge >= 0.3 is 12.4 Å². The summed E-state index contributed by atoms with van der Waals surface area (Å²) in [5.41, 5.74) is -5.67. The predicted molar refractivity (Wildman–Crippen MR) is 173 cm³/mol. The van der Waals surface area contributed by atoms with Crippen molar-refractivity contribution in [3.05, 3.63) is 53.2 Å². The number of fused-ring (bicyclic) bond motifs is 1. The van der Waals surface area contributed by atoms with Crippen LogP contribution in [0, 0.1) is 0 Å². The van der Waals surface area contributed by atoms with E-state index in [1.165, 1.54) is 5.01 Å². The van der Waals surface area contributed by atoms with Gasteiger partial charge in [-0.3, -0.25) is 14.6 Å². The number of halogens is 6. The van der Waals surface area contributed by atoms with Gasteiger partial charge in [-0.15, -0.1) is 0 Å². The molecule has 2 aliphatic rings. The Balaban J connectivity index is 1.42. The molecule has 1 atom stereocenters. The lowest BCUT2D eigenvalue weighted by Crippen LogP contribution is -2.61. The van der Waals surface area contributed by atoms with Crippen molar-refractivity contribution in [2.75, 3.05) is 58.6 Å². The van der Waals surface area contributed by atoms with Crippen LogP contribution in [-0.4, -0.2) is 95.7 Å². The minimum absolute atomic E-state index is 0.261. The lowest BCUT2D eigenvalue weighted by Gasteiger charge is -2.46. The van der Waals surface area contributed by atoms with Crippen LogP contribution < -0.4 is 5.32 Å². The molecular formula is C34H43F6N5O6. The number of alkyl halides is 6. The predicted octanol–water partition coefficient (Wildman–Crippen LogP) is 6.56. The maximum absolute atomic E-state index is 13.8. The van der Waals surface area contributed by atoms with Crippen molar-refractivity contribution >= 4 is 17.5 Å². The first-order chi connectivity index (χ1) is 24.2. The molecule has 282 valence electrons. The highest BCUT2D eigenvalue weighted by Gasteiger charge is 2.52. The highest BCUT2D eigenvalue weighted by Crippen LogP contribution is 2.42. The van der Waals surface area contributed by atoms with E-state index in [4.69, 9.17) is 14.2 Å². The molecule has 17 heteroatoms. The molecule has 1 aromatic heterocycles. The number of rotatable bonds is 18. The summed E-state index contributed by atoms with van der Waals surface area (Å²) in [6.07, 6.45) is -3.04. The highest BCUT2D eigenvalue weighted by molar-refractivity contribution is 6.24. The number of anilines is 1. The van der Waals surface area contributed by atoms with Crippen LogP contribution >= 0.6 is 0 Å². The number of aliphatic hydroxyl groups excluding tert-OH is 1. The molecule has 2 aromatic rings. The summed E-state index contributed by atoms with van der Waals surface area (Å²) in [5.74, 6) is -2.40. The van der Waals surface area contributed by atoms with Crippen LogP contribution in [0.4, 0.5) is 32.0 Å². The third-order valence-electron chi connectivity index (χ3n) is 8.86. The maximum atomic E-state index is 13.8. The first-order valence-electron chi connectivity index (χ1n) is 16.8. The fraction of sp³-hybridized carbons (Fsp3) is 0.588. The molecule has 0 bridgehead atoms. The molecule has 2 amide bonds. The molecule has 3 heterocycles. The number of hydrogen-bond acceptors (Lipinski definition) is 9. The van der Waals surface area contributed by atoms with Gasteiger partial charge in [0.1, 0.15) is 23.4 Å². The monoisotopic (exact) mass is 731 g/mol. The number of aromatic nitrogens is 2. The molecule has 1 unspecified atom stereocenters. The summed E-state index contributed by atoms with van der Waals surface area (Å²) >= 11 is 0. The molecule has 1 saturated heterocycles. The minimum Gasteiger partial charge on any atom is -0.509 e. The first kappa shape index (κ1) is 40.0. The molecule has 2 aliphatic heterocycles. The summed E-state index contributed by atoms with van der Waals surface area (Å²) in [7, 11) is 1.61. The van der Waals surface area contributed by atoms with Crippen LogP contribution in [-0.2, 0) is 36.2 Å². The Morgan fingerprint density at radius 1 is 0.922 bits per heavy atom. The van der Waals surface area contributed by atoms with E-state index in [0.29, 0.717) is 83.4 Å². The topological polar surface area (TPSA) is 126 Å². The van der Waals surface area contributed by atoms with E-state index in [1.54, 1.807) is 19.0 Å². The van der Waals surface area contributed by atoms with Gasteiger partial charge in [0, 0.05) is 32.4 Å². The van der Waals surface area contributed by atoms with Crippen LogP contribution in [0.25, 0.3) is 11.3 Å². The fourth-order valence-corrected chi connectivity index (χ4v) is 6.14. The number of hydrazine groups is 1. The second-order valence-electron chi connectivity index (χ2n) is 12.5. The molecule has 0 radical (unpaired) electrons. The van der Waals surface area contributed by atoms with Crippen molar-refractivity contribution in [3.8, 4) is 11.3 Å². The molecule has 2 N–H and O–H groups in total. The number of carbonyl (C=O) groups is 2. The Hall–Kier alpha value is -3.80. The number of hydrogen-bond donors (Lipinski definition) is 2. The van der Waals surface area contributed by atoms with Gasteiger partial charge in [-0.2, -0.15) is 26.3 Å². The quantitative estimate of drug-likeness (QED) is 0.0996. The van der Waals surface area contributed by atoms with Crippen molar-refractivity contribution < 1.29 is 55.2 Å². The molecule has 0 spiro atoms. The normalized spacial score (nSPS) is 18.4. The molecule has 1 aromatic carbocycles. The molecule has 1 fully saturated rings. The van der Waals surface area contributed by atoms with Crippen molar-refractivity contribution in [1.29, 1.82) is 0 Å². The van der Waals surface area contributed by atoms with Gasteiger partial charge in [-0.25, -0.2) is 15.0 Å². The zero-order valence-corrected chi connectivity index (χ0v) is 28.5. The molecule has 11 nitrogen and oxygen atoms in total. The van der Waals surface area contributed by atoms with Crippen molar-refractivity contribution in [3.63, 3.8) is 0 Å². The van der Waals surface area contributed by atoms with Gasteiger partial charge in [-0.05, 0) is 56.9 Å². The third kappa shape index (κ3) is 10.2. The third-order valence-corrected chi connectivity index (χ3v) is 8.86. The van der Waals surface area contributed by atoms with Gasteiger partial charge in [0.05, 0.1) is 48.9 Å². The minimum atomic E-state index is -4.92. The molecular weight excluding hydrogens is 688 g/mol. The average Bonchev–Trinajstić information content (AvgIpc) is 3.48. The molecule has 0 aliphatic carbocycles. The summed E-state index contributed by atoms with van der Waals surface area (Å²) in [5, 5.41) is 16.8. The molecule has 51 heavy (non-hydrogen) atoms. The maximum Gasteiger partial charge on any atom is 0.433 e. The van der Waals surface area contributed by atoms with Crippen molar-refractivity contribution in [1.82, 2.24) is 20.0 Å². The van der Waals surface area contributed by atoms with E-state index in [9.17, 15) is 41.0 Å². The Kier molecular flexibility index (Phi) is 13.8. The molecule has 0 saturated carbocycles. The summed E-state index contributed by atoms with van der Waals surface area (Å²) < 4.78 is 96.9. The number of aliphatic hydroxyl groups is 1. The highest BCUT2D eigenvalue weighted by atomic mass is 19.4. The second kappa shape index (κ2) is 17.6. The Bertz CT molecular complexity index is 1540. The zero-order valence-electron chi connectivity index (χ0n) is 28.5. The first-order valence-corrected chi connectivity index (χ1v) is 16.8. The number of benzene rings is 1. The summed E-state index contributed by atoms with van der Waals surface area (Å²) in [4.78, 5) is 34.4. The lowest BCUT2D eigenvalue weighted by molar-refractivity contribution is -0.158. The van der Waals surface area contributed by atoms with E-state index in [1.807, 2.05) is 0 Å². The second-order valence-corrected chi connectivity index (χ2v) is 12.5. The van der Waals surface area contributed by atoms with Crippen molar-refractivity contribution in [2.24, 2.45) is 0 Å². The van der Waals surface area contributed by atoms with Crippen LogP contribution in [0.2, 0.25) is 0 Å². The van der Waals surface area contributed by atoms with E-state index >= 15 is 0 Å². The Labute approximate surface area is 291 Å².